The molecule has 11 heteroatoms. The maximum atomic E-state index is 13.1. The number of amides is 1. The van der Waals surface area contributed by atoms with Crippen LogP contribution < -0.4 is 25.8 Å². The van der Waals surface area contributed by atoms with E-state index in [4.69, 9.17) is 4.74 Å². The monoisotopic (exact) mass is 528 g/mol. The Morgan fingerprint density at radius 1 is 1.15 bits per heavy atom. The number of fused-ring (bicyclic) bond motifs is 1. The third kappa shape index (κ3) is 6.04. The number of aromatic nitrogens is 4. The summed E-state index contributed by atoms with van der Waals surface area (Å²) in [5.41, 5.74) is 3.38. The van der Waals surface area contributed by atoms with Crippen LogP contribution in [0.1, 0.15) is 0 Å². The van der Waals surface area contributed by atoms with Gasteiger partial charge in [0.2, 0.25) is 11.9 Å². The number of aryl methyl sites for hydroxylation is 1. The van der Waals surface area contributed by atoms with Crippen molar-refractivity contribution >= 4 is 40.0 Å². The zero-order valence-electron chi connectivity index (χ0n) is 22.7. The van der Waals surface area contributed by atoms with Crippen molar-refractivity contribution in [2.24, 2.45) is 7.05 Å². The van der Waals surface area contributed by atoms with Gasteiger partial charge in [-0.2, -0.15) is 4.98 Å². The lowest BCUT2D eigenvalue weighted by atomic mass is 10.1. The Morgan fingerprint density at radius 2 is 1.95 bits per heavy atom. The molecule has 0 radical (unpaired) electrons. The number of benzene rings is 1. The molecule has 0 atom stereocenters. The molecule has 11 nitrogen and oxygen atoms in total. The topological polar surface area (TPSA) is 118 Å². The first kappa shape index (κ1) is 27.3. The van der Waals surface area contributed by atoms with Gasteiger partial charge >= 0.3 is 0 Å². The average Bonchev–Trinajstić information content (AvgIpc) is 2.94. The van der Waals surface area contributed by atoms with Gasteiger partial charge in [0, 0.05) is 68.4 Å². The molecule has 0 fully saturated rings. The lowest BCUT2D eigenvalue weighted by molar-refractivity contribution is -0.111. The third-order valence-corrected chi connectivity index (χ3v) is 6.22. The normalized spacial score (nSPS) is 10.9. The van der Waals surface area contributed by atoms with Crippen LogP contribution in [0.15, 0.2) is 66.4 Å². The van der Waals surface area contributed by atoms with E-state index in [1.165, 1.54) is 10.6 Å². The van der Waals surface area contributed by atoms with Crippen LogP contribution in [0.4, 0.5) is 23.0 Å². The number of hydrogen-bond acceptors (Lipinski definition) is 9. The maximum absolute atomic E-state index is 13.1. The number of rotatable bonds is 10. The van der Waals surface area contributed by atoms with E-state index in [9.17, 15) is 9.59 Å². The van der Waals surface area contributed by atoms with Gasteiger partial charge in [-0.3, -0.25) is 19.1 Å². The number of ether oxygens (including phenoxy) is 1. The fourth-order valence-electron chi connectivity index (χ4n) is 4.06. The second-order valence-corrected chi connectivity index (χ2v) is 9.25. The van der Waals surface area contributed by atoms with E-state index in [0.29, 0.717) is 33.7 Å². The minimum atomic E-state index is -0.338. The number of pyridine rings is 2. The van der Waals surface area contributed by atoms with Crippen molar-refractivity contribution in [1.29, 1.82) is 0 Å². The molecule has 0 aliphatic rings. The highest BCUT2D eigenvalue weighted by molar-refractivity contribution is 6.02. The Morgan fingerprint density at radius 3 is 2.62 bits per heavy atom. The van der Waals surface area contributed by atoms with Crippen molar-refractivity contribution in [1.82, 2.24) is 24.4 Å². The standard InChI is InChI=1S/C28H32N8O3/c1-7-25(37)31-21-14-22(24(39-6)15-23(21)35(4)12-11-34(2)3)32-28-30-17-19-13-20(18-9-8-10-29-16-18)27(38)36(5)26(19)33-28/h7-10,13-17H,1,11-12H2,2-6H3,(H,31,37)(H,30,32,33). The molecule has 0 aliphatic carbocycles. The first-order valence-corrected chi connectivity index (χ1v) is 12.3. The number of hydrogen-bond donors (Lipinski definition) is 2. The van der Waals surface area contributed by atoms with E-state index < -0.39 is 0 Å². The van der Waals surface area contributed by atoms with Crippen molar-refractivity contribution in [3.05, 3.63) is 71.9 Å². The van der Waals surface area contributed by atoms with E-state index in [0.717, 1.165) is 24.3 Å². The van der Waals surface area contributed by atoms with Gasteiger partial charge in [-0.05, 0) is 38.4 Å². The smallest absolute Gasteiger partial charge is 0.259 e. The molecule has 1 amide bonds. The number of likely N-dealkylation sites (N-methyl/N-ethyl adjacent to an activating group) is 2. The van der Waals surface area contributed by atoms with E-state index in [1.807, 2.05) is 38.2 Å². The lowest BCUT2D eigenvalue weighted by Gasteiger charge is -2.26. The molecule has 0 saturated carbocycles. The molecular formula is C28H32N8O3. The minimum Gasteiger partial charge on any atom is -0.494 e. The summed E-state index contributed by atoms with van der Waals surface area (Å²) < 4.78 is 7.15. The predicted molar refractivity (Wildman–Crippen MR) is 155 cm³/mol. The molecule has 1 aromatic carbocycles. The number of anilines is 4. The van der Waals surface area contributed by atoms with Crippen molar-refractivity contribution < 1.29 is 9.53 Å². The van der Waals surface area contributed by atoms with Crippen LogP contribution in [-0.4, -0.2) is 71.7 Å². The summed E-state index contributed by atoms with van der Waals surface area (Å²) in [6.45, 7) is 5.10. The molecule has 3 heterocycles. The second-order valence-electron chi connectivity index (χ2n) is 9.25. The van der Waals surface area contributed by atoms with Crippen LogP contribution in [0.5, 0.6) is 5.75 Å². The summed E-state index contributed by atoms with van der Waals surface area (Å²) in [6.07, 6.45) is 6.18. The number of carbonyl (C=O) groups is 1. The Bertz CT molecular complexity index is 1570. The summed E-state index contributed by atoms with van der Waals surface area (Å²) in [4.78, 5) is 42.6. The Balaban J connectivity index is 1.73. The van der Waals surface area contributed by atoms with Crippen molar-refractivity contribution in [2.75, 3.05) is 56.9 Å². The zero-order valence-corrected chi connectivity index (χ0v) is 22.7. The molecule has 3 aromatic heterocycles. The molecule has 0 bridgehead atoms. The van der Waals surface area contributed by atoms with Crippen molar-refractivity contribution in [3.8, 4) is 16.9 Å². The van der Waals surface area contributed by atoms with E-state index >= 15 is 0 Å². The number of carbonyl (C=O) groups excluding carboxylic acids is 1. The second kappa shape index (κ2) is 11.7. The van der Waals surface area contributed by atoms with E-state index in [-0.39, 0.29) is 17.4 Å². The minimum absolute atomic E-state index is 0.197. The van der Waals surface area contributed by atoms with Crippen LogP contribution in [0, 0.1) is 0 Å². The van der Waals surface area contributed by atoms with Crippen molar-refractivity contribution in [3.63, 3.8) is 0 Å². The van der Waals surface area contributed by atoms with Gasteiger partial charge in [0.15, 0.2) is 0 Å². The molecule has 39 heavy (non-hydrogen) atoms. The van der Waals surface area contributed by atoms with Crippen LogP contribution in [0.3, 0.4) is 0 Å². The first-order chi connectivity index (χ1) is 18.7. The summed E-state index contributed by atoms with van der Waals surface area (Å²) in [5, 5.41) is 6.75. The fraction of sp³-hybridized carbons (Fsp3) is 0.250. The van der Waals surface area contributed by atoms with Gasteiger partial charge in [0.1, 0.15) is 11.4 Å². The maximum Gasteiger partial charge on any atom is 0.259 e. The highest BCUT2D eigenvalue weighted by Crippen LogP contribution is 2.38. The molecule has 4 rings (SSSR count). The van der Waals surface area contributed by atoms with Crippen molar-refractivity contribution in [2.45, 2.75) is 0 Å². The SMILES string of the molecule is C=CC(=O)Nc1cc(Nc2ncc3cc(-c4cccnc4)c(=O)n(C)c3n2)c(OC)cc1N(C)CCN(C)C. The van der Waals surface area contributed by atoms with Gasteiger partial charge < -0.3 is 25.2 Å². The molecule has 0 saturated heterocycles. The highest BCUT2D eigenvalue weighted by atomic mass is 16.5. The Hall–Kier alpha value is -4.77. The van der Waals surface area contributed by atoms with Gasteiger partial charge in [-0.1, -0.05) is 12.6 Å². The van der Waals surface area contributed by atoms with Gasteiger partial charge in [-0.15, -0.1) is 0 Å². The average molecular weight is 529 g/mol. The lowest BCUT2D eigenvalue weighted by Crippen LogP contribution is -2.29. The predicted octanol–water partition coefficient (Wildman–Crippen LogP) is 3.27. The van der Waals surface area contributed by atoms with Crippen LogP contribution in [-0.2, 0) is 11.8 Å². The zero-order chi connectivity index (χ0) is 28.1. The molecule has 0 spiro atoms. The number of methoxy groups -OCH3 is 1. The summed E-state index contributed by atoms with van der Waals surface area (Å²) in [7, 11) is 9.18. The van der Waals surface area contributed by atoms with Crippen LogP contribution in [0.25, 0.3) is 22.2 Å². The summed E-state index contributed by atoms with van der Waals surface area (Å²) in [6, 6.07) is 8.99. The van der Waals surface area contributed by atoms with Crippen LogP contribution >= 0.6 is 0 Å². The molecular weight excluding hydrogens is 496 g/mol. The first-order valence-electron chi connectivity index (χ1n) is 12.3. The molecule has 0 unspecified atom stereocenters. The molecule has 202 valence electrons. The quantitative estimate of drug-likeness (QED) is 0.299. The van der Waals surface area contributed by atoms with Crippen LogP contribution in [0.2, 0.25) is 0 Å². The van der Waals surface area contributed by atoms with Gasteiger partial charge in [-0.25, -0.2) is 4.98 Å². The molecule has 0 aliphatic heterocycles. The van der Waals surface area contributed by atoms with Gasteiger partial charge in [0.25, 0.3) is 5.56 Å². The Kier molecular flexibility index (Phi) is 8.21. The number of nitrogens with zero attached hydrogens (tertiary/aromatic N) is 6. The molecule has 2 N–H and O–H groups in total. The highest BCUT2D eigenvalue weighted by Gasteiger charge is 2.17. The fourth-order valence-corrected chi connectivity index (χ4v) is 4.06. The summed E-state index contributed by atoms with van der Waals surface area (Å²) in [5.74, 6) is 0.456. The van der Waals surface area contributed by atoms with E-state index in [2.05, 4.69) is 37.1 Å². The largest absolute Gasteiger partial charge is 0.494 e. The van der Waals surface area contributed by atoms with Gasteiger partial charge in [0.05, 0.1) is 24.2 Å². The van der Waals surface area contributed by atoms with E-state index in [1.54, 1.807) is 50.9 Å². The summed E-state index contributed by atoms with van der Waals surface area (Å²) >= 11 is 0. The Labute approximate surface area is 226 Å². The number of nitrogens with one attached hydrogen (secondary N) is 2. The molecule has 4 aromatic rings. The third-order valence-electron chi connectivity index (χ3n) is 6.22.